The Hall–Kier alpha value is -2.96. The summed E-state index contributed by atoms with van der Waals surface area (Å²) < 4.78 is 6.43. The molecule has 1 amide bonds. The van der Waals surface area contributed by atoms with E-state index >= 15 is 0 Å². The number of carbonyl (C=O) groups is 1. The molecule has 26 heavy (non-hydrogen) atoms. The summed E-state index contributed by atoms with van der Waals surface area (Å²) in [6.07, 6.45) is 0.802. The first-order chi connectivity index (χ1) is 12.4. The molecule has 0 aliphatic heterocycles. The molecule has 0 bridgehead atoms. The largest absolute Gasteiger partial charge is 0.361 e. The highest BCUT2D eigenvalue weighted by molar-refractivity contribution is 5.83. The molecular formula is C19H22N4O3. The molecule has 7 nitrogen and oxygen atoms in total. The van der Waals surface area contributed by atoms with Crippen LogP contribution in [0.4, 0.5) is 0 Å². The monoisotopic (exact) mass is 354 g/mol. The lowest BCUT2D eigenvalue weighted by Crippen LogP contribution is -2.33. The van der Waals surface area contributed by atoms with Gasteiger partial charge in [0.2, 0.25) is 5.91 Å². The SMILES string of the molecule is Cc1nn(CC(=O)NCc2cc(CC(C)C)on2)c(=O)c2ccccc12. The second kappa shape index (κ2) is 7.51. The van der Waals surface area contributed by atoms with Gasteiger partial charge in [0.1, 0.15) is 18.0 Å². The van der Waals surface area contributed by atoms with Gasteiger partial charge in [-0.1, -0.05) is 37.2 Å². The number of amides is 1. The molecule has 7 heteroatoms. The van der Waals surface area contributed by atoms with Gasteiger partial charge in [-0.25, -0.2) is 4.68 Å². The molecule has 0 aliphatic rings. The molecule has 1 aromatic carbocycles. The highest BCUT2D eigenvalue weighted by Gasteiger charge is 2.12. The van der Waals surface area contributed by atoms with E-state index in [1.807, 2.05) is 25.1 Å². The predicted octanol–water partition coefficient (Wildman–Crippen LogP) is 2.21. The van der Waals surface area contributed by atoms with Crippen molar-refractivity contribution in [1.29, 1.82) is 0 Å². The van der Waals surface area contributed by atoms with Gasteiger partial charge in [0.05, 0.1) is 17.6 Å². The number of hydrogen-bond acceptors (Lipinski definition) is 5. The third-order valence-corrected chi connectivity index (χ3v) is 4.03. The smallest absolute Gasteiger partial charge is 0.275 e. The van der Waals surface area contributed by atoms with Crippen LogP contribution in [0.5, 0.6) is 0 Å². The fourth-order valence-electron chi connectivity index (χ4n) is 2.83. The number of aryl methyl sites for hydroxylation is 1. The summed E-state index contributed by atoms with van der Waals surface area (Å²) in [5.74, 6) is 0.967. The Morgan fingerprint density at radius 3 is 2.73 bits per heavy atom. The quantitative estimate of drug-likeness (QED) is 0.733. The van der Waals surface area contributed by atoms with Crippen LogP contribution >= 0.6 is 0 Å². The Labute approximate surface area is 151 Å². The highest BCUT2D eigenvalue weighted by atomic mass is 16.5. The minimum absolute atomic E-state index is 0.138. The minimum atomic E-state index is -0.303. The fourth-order valence-corrected chi connectivity index (χ4v) is 2.83. The van der Waals surface area contributed by atoms with Crippen LogP contribution in [0.15, 0.2) is 39.6 Å². The average molecular weight is 354 g/mol. The molecule has 0 radical (unpaired) electrons. The van der Waals surface area contributed by atoms with Crippen molar-refractivity contribution in [2.24, 2.45) is 5.92 Å². The number of nitrogens with one attached hydrogen (secondary N) is 1. The van der Waals surface area contributed by atoms with Crippen molar-refractivity contribution >= 4 is 16.7 Å². The maximum atomic E-state index is 12.5. The Bertz CT molecular complexity index is 988. The molecule has 0 fully saturated rings. The number of nitrogens with zero attached hydrogens (tertiary/aromatic N) is 3. The molecule has 0 spiro atoms. The van der Waals surface area contributed by atoms with Crippen LogP contribution in [0, 0.1) is 12.8 Å². The molecule has 136 valence electrons. The van der Waals surface area contributed by atoms with Gasteiger partial charge in [0, 0.05) is 17.9 Å². The lowest BCUT2D eigenvalue weighted by molar-refractivity contribution is -0.122. The Balaban J connectivity index is 1.67. The van der Waals surface area contributed by atoms with Crippen LogP contribution in [0.2, 0.25) is 0 Å². The Morgan fingerprint density at radius 1 is 1.27 bits per heavy atom. The summed E-state index contributed by atoms with van der Waals surface area (Å²) in [7, 11) is 0. The second-order valence-corrected chi connectivity index (χ2v) is 6.75. The van der Waals surface area contributed by atoms with E-state index in [2.05, 4.69) is 29.4 Å². The van der Waals surface area contributed by atoms with E-state index < -0.39 is 0 Å². The zero-order valence-electron chi connectivity index (χ0n) is 15.2. The molecule has 2 aromatic heterocycles. The summed E-state index contributed by atoms with van der Waals surface area (Å²) >= 11 is 0. The number of fused-ring (bicyclic) bond motifs is 1. The fraction of sp³-hybridized carbons (Fsp3) is 0.368. The molecule has 0 unspecified atom stereocenters. The van der Waals surface area contributed by atoms with Crippen molar-refractivity contribution < 1.29 is 9.32 Å². The molecule has 3 aromatic rings. The van der Waals surface area contributed by atoms with Crippen LogP contribution in [-0.4, -0.2) is 20.8 Å². The van der Waals surface area contributed by atoms with Gasteiger partial charge >= 0.3 is 0 Å². The van der Waals surface area contributed by atoms with Crippen LogP contribution in [0.3, 0.4) is 0 Å². The van der Waals surface area contributed by atoms with E-state index in [9.17, 15) is 9.59 Å². The van der Waals surface area contributed by atoms with E-state index in [1.54, 1.807) is 12.1 Å². The van der Waals surface area contributed by atoms with E-state index in [0.29, 0.717) is 22.7 Å². The van der Waals surface area contributed by atoms with Crippen LogP contribution in [0.25, 0.3) is 10.8 Å². The summed E-state index contributed by atoms with van der Waals surface area (Å²) in [5.41, 5.74) is 1.09. The third-order valence-electron chi connectivity index (χ3n) is 4.03. The van der Waals surface area contributed by atoms with Crippen molar-refractivity contribution in [2.45, 2.75) is 40.3 Å². The molecule has 1 N–H and O–H groups in total. The van der Waals surface area contributed by atoms with Crippen molar-refractivity contribution in [1.82, 2.24) is 20.3 Å². The van der Waals surface area contributed by atoms with Crippen molar-refractivity contribution in [3.05, 3.63) is 57.8 Å². The molecule has 3 rings (SSSR count). The molecular weight excluding hydrogens is 332 g/mol. The summed E-state index contributed by atoms with van der Waals surface area (Å²) in [6, 6.07) is 9.09. The van der Waals surface area contributed by atoms with Gasteiger partial charge < -0.3 is 9.84 Å². The number of carbonyl (C=O) groups excluding carboxylic acids is 1. The first kappa shape index (κ1) is 17.8. The van der Waals surface area contributed by atoms with Crippen molar-refractivity contribution in [3.63, 3.8) is 0 Å². The summed E-state index contributed by atoms with van der Waals surface area (Å²) in [5, 5.41) is 12.3. The highest BCUT2D eigenvalue weighted by Crippen LogP contribution is 2.12. The lowest BCUT2D eigenvalue weighted by atomic mass is 10.1. The van der Waals surface area contributed by atoms with E-state index in [0.717, 1.165) is 17.6 Å². The molecule has 0 saturated heterocycles. The van der Waals surface area contributed by atoms with Crippen molar-refractivity contribution in [2.75, 3.05) is 0 Å². The maximum Gasteiger partial charge on any atom is 0.275 e. The van der Waals surface area contributed by atoms with Gasteiger partial charge in [-0.2, -0.15) is 5.10 Å². The van der Waals surface area contributed by atoms with Crippen LogP contribution < -0.4 is 10.9 Å². The van der Waals surface area contributed by atoms with Gasteiger partial charge in [0.25, 0.3) is 5.56 Å². The molecule has 0 aliphatic carbocycles. The standard InChI is InChI=1S/C19H22N4O3/c1-12(2)8-15-9-14(22-26-15)10-20-18(24)11-23-19(25)17-7-5-4-6-16(17)13(3)21-23/h4-7,9,12H,8,10-11H2,1-3H3,(H,20,24). The topological polar surface area (TPSA) is 90.0 Å². The normalized spacial score (nSPS) is 11.2. The van der Waals surface area contributed by atoms with E-state index in [-0.39, 0.29) is 24.6 Å². The van der Waals surface area contributed by atoms with Gasteiger partial charge in [0.15, 0.2) is 0 Å². The Morgan fingerprint density at radius 2 is 2.00 bits per heavy atom. The summed E-state index contributed by atoms with van der Waals surface area (Å²) in [4.78, 5) is 24.7. The number of aromatic nitrogens is 3. The molecule has 0 atom stereocenters. The van der Waals surface area contributed by atoms with E-state index in [1.165, 1.54) is 4.68 Å². The summed E-state index contributed by atoms with van der Waals surface area (Å²) in [6.45, 7) is 6.13. The van der Waals surface area contributed by atoms with Crippen LogP contribution in [-0.2, 0) is 24.3 Å². The predicted molar refractivity (Wildman–Crippen MR) is 97.6 cm³/mol. The van der Waals surface area contributed by atoms with E-state index in [4.69, 9.17) is 4.52 Å². The maximum absolute atomic E-state index is 12.5. The third kappa shape index (κ3) is 3.99. The average Bonchev–Trinajstić information content (AvgIpc) is 3.04. The molecule has 2 heterocycles. The first-order valence-electron chi connectivity index (χ1n) is 8.61. The van der Waals surface area contributed by atoms with Crippen LogP contribution in [0.1, 0.15) is 31.0 Å². The first-order valence-corrected chi connectivity index (χ1v) is 8.61. The number of hydrogen-bond donors (Lipinski definition) is 1. The lowest BCUT2D eigenvalue weighted by Gasteiger charge is -2.08. The number of benzene rings is 1. The van der Waals surface area contributed by atoms with Gasteiger partial charge in [-0.05, 0) is 18.9 Å². The zero-order valence-corrected chi connectivity index (χ0v) is 15.2. The Kier molecular flexibility index (Phi) is 5.16. The van der Waals surface area contributed by atoms with Gasteiger partial charge in [-0.15, -0.1) is 0 Å². The van der Waals surface area contributed by atoms with Crippen molar-refractivity contribution in [3.8, 4) is 0 Å². The molecule has 0 saturated carbocycles. The van der Waals surface area contributed by atoms with Gasteiger partial charge in [-0.3, -0.25) is 9.59 Å². The zero-order chi connectivity index (χ0) is 18.7. The number of rotatable bonds is 6. The second-order valence-electron chi connectivity index (χ2n) is 6.75. The minimum Gasteiger partial charge on any atom is -0.361 e.